The van der Waals surface area contributed by atoms with E-state index < -0.39 is 0 Å². The zero-order valence-corrected chi connectivity index (χ0v) is 11.2. The molecule has 0 atom stereocenters. The SMILES string of the molecule is ClCc1ccnc(-c2ccc(Cl)c(Br)c2)n1. The topological polar surface area (TPSA) is 25.8 Å². The molecule has 0 spiro atoms. The summed E-state index contributed by atoms with van der Waals surface area (Å²) in [4.78, 5) is 8.52. The van der Waals surface area contributed by atoms with Crippen molar-refractivity contribution in [2.75, 3.05) is 0 Å². The first-order valence-corrected chi connectivity index (χ1v) is 6.24. The van der Waals surface area contributed by atoms with Crippen molar-refractivity contribution in [1.29, 1.82) is 0 Å². The van der Waals surface area contributed by atoms with Crippen molar-refractivity contribution in [1.82, 2.24) is 9.97 Å². The van der Waals surface area contributed by atoms with Gasteiger partial charge >= 0.3 is 0 Å². The number of aromatic nitrogens is 2. The van der Waals surface area contributed by atoms with Gasteiger partial charge in [0.25, 0.3) is 0 Å². The number of hydrogen-bond acceptors (Lipinski definition) is 2. The highest BCUT2D eigenvalue weighted by atomic mass is 79.9. The van der Waals surface area contributed by atoms with E-state index in [2.05, 4.69) is 25.9 Å². The minimum absolute atomic E-state index is 0.379. The summed E-state index contributed by atoms with van der Waals surface area (Å²) in [7, 11) is 0. The number of rotatable bonds is 2. The van der Waals surface area contributed by atoms with Crippen LogP contribution in [-0.4, -0.2) is 9.97 Å². The van der Waals surface area contributed by atoms with Gasteiger partial charge in [-0.2, -0.15) is 0 Å². The van der Waals surface area contributed by atoms with E-state index in [0.717, 1.165) is 15.7 Å². The molecule has 0 fully saturated rings. The van der Waals surface area contributed by atoms with Crippen molar-refractivity contribution in [3.05, 3.63) is 45.7 Å². The van der Waals surface area contributed by atoms with Gasteiger partial charge in [0, 0.05) is 16.2 Å². The summed E-state index contributed by atoms with van der Waals surface area (Å²) in [5, 5.41) is 0.664. The lowest BCUT2D eigenvalue weighted by Crippen LogP contribution is -1.92. The maximum Gasteiger partial charge on any atom is 0.159 e. The number of hydrogen-bond donors (Lipinski definition) is 0. The van der Waals surface area contributed by atoms with Gasteiger partial charge in [-0.05, 0) is 40.2 Å². The van der Waals surface area contributed by atoms with E-state index in [1.165, 1.54) is 0 Å². The van der Waals surface area contributed by atoms with Crippen LogP contribution in [0.2, 0.25) is 5.02 Å². The first kappa shape index (κ1) is 11.8. The van der Waals surface area contributed by atoms with E-state index in [-0.39, 0.29) is 0 Å². The maximum atomic E-state index is 5.92. The Labute approximate surface area is 112 Å². The lowest BCUT2D eigenvalue weighted by atomic mass is 10.2. The Morgan fingerprint density at radius 3 is 2.75 bits per heavy atom. The molecule has 0 unspecified atom stereocenters. The molecule has 0 N–H and O–H groups in total. The monoisotopic (exact) mass is 316 g/mol. The van der Waals surface area contributed by atoms with Crippen molar-refractivity contribution in [2.45, 2.75) is 5.88 Å². The molecular weight excluding hydrogens is 311 g/mol. The molecule has 0 aliphatic rings. The molecule has 0 radical (unpaired) electrons. The summed E-state index contributed by atoms with van der Waals surface area (Å²) in [6.45, 7) is 0. The molecule has 0 aliphatic heterocycles. The molecule has 16 heavy (non-hydrogen) atoms. The lowest BCUT2D eigenvalue weighted by molar-refractivity contribution is 1.09. The third-order valence-corrected chi connectivity index (χ3v) is 3.52. The van der Waals surface area contributed by atoms with Gasteiger partial charge in [0.15, 0.2) is 5.82 Å². The van der Waals surface area contributed by atoms with Crippen LogP contribution in [-0.2, 0) is 5.88 Å². The van der Waals surface area contributed by atoms with Crippen LogP contribution in [0.3, 0.4) is 0 Å². The Bertz CT molecular complexity index is 517. The van der Waals surface area contributed by atoms with Gasteiger partial charge in [-0.1, -0.05) is 11.6 Å². The fraction of sp³-hybridized carbons (Fsp3) is 0.0909. The molecule has 1 aromatic carbocycles. The Balaban J connectivity index is 2.46. The highest BCUT2D eigenvalue weighted by Crippen LogP contribution is 2.27. The van der Waals surface area contributed by atoms with Crippen LogP contribution in [0.25, 0.3) is 11.4 Å². The third-order valence-electron chi connectivity index (χ3n) is 2.03. The van der Waals surface area contributed by atoms with Gasteiger partial charge in [-0.25, -0.2) is 9.97 Å². The largest absolute Gasteiger partial charge is 0.237 e. The highest BCUT2D eigenvalue weighted by Gasteiger charge is 2.04. The van der Waals surface area contributed by atoms with Gasteiger partial charge in [-0.15, -0.1) is 11.6 Å². The van der Waals surface area contributed by atoms with Crippen molar-refractivity contribution in [3.8, 4) is 11.4 Å². The predicted octanol–water partition coefficient (Wildman–Crippen LogP) is 4.30. The molecule has 2 aromatic rings. The summed E-state index contributed by atoms with van der Waals surface area (Å²) in [6.07, 6.45) is 1.70. The van der Waals surface area contributed by atoms with Crippen LogP contribution in [0, 0.1) is 0 Å². The molecule has 82 valence electrons. The normalized spacial score (nSPS) is 10.4. The van der Waals surface area contributed by atoms with Gasteiger partial charge in [0.1, 0.15) is 0 Å². The molecule has 1 aromatic heterocycles. The second-order valence-corrected chi connectivity index (χ2v) is 4.66. The number of halogens is 3. The fourth-order valence-corrected chi connectivity index (χ4v) is 1.89. The van der Waals surface area contributed by atoms with Gasteiger partial charge in [0.05, 0.1) is 16.6 Å². The minimum Gasteiger partial charge on any atom is -0.237 e. The van der Waals surface area contributed by atoms with E-state index in [1.807, 2.05) is 12.1 Å². The minimum atomic E-state index is 0.379. The third kappa shape index (κ3) is 2.54. The molecule has 2 nitrogen and oxygen atoms in total. The summed E-state index contributed by atoms with van der Waals surface area (Å²) in [5.41, 5.74) is 1.71. The summed E-state index contributed by atoms with van der Waals surface area (Å²) in [5.74, 6) is 1.03. The molecule has 0 aliphatic carbocycles. The van der Waals surface area contributed by atoms with Gasteiger partial charge < -0.3 is 0 Å². The van der Waals surface area contributed by atoms with E-state index in [0.29, 0.717) is 16.7 Å². The van der Waals surface area contributed by atoms with Crippen molar-refractivity contribution in [3.63, 3.8) is 0 Å². The molecular formula is C11H7BrCl2N2. The number of nitrogens with zero attached hydrogens (tertiary/aromatic N) is 2. The van der Waals surface area contributed by atoms with E-state index in [4.69, 9.17) is 23.2 Å². The van der Waals surface area contributed by atoms with Gasteiger partial charge in [-0.3, -0.25) is 0 Å². The first-order chi connectivity index (χ1) is 7.70. The summed E-state index contributed by atoms with van der Waals surface area (Å²) in [6, 6.07) is 7.36. The zero-order valence-electron chi connectivity index (χ0n) is 8.12. The Kier molecular flexibility index (Phi) is 3.79. The second-order valence-electron chi connectivity index (χ2n) is 3.13. The van der Waals surface area contributed by atoms with Crippen LogP contribution < -0.4 is 0 Å². The van der Waals surface area contributed by atoms with Crippen LogP contribution in [0.15, 0.2) is 34.9 Å². The average molecular weight is 318 g/mol. The molecule has 5 heteroatoms. The molecule has 0 saturated carbocycles. The van der Waals surface area contributed by atoms with Crippen LogP contribution in [0.5, 0.6) is 0 Å². The number of alkyl halides is 1. The van der Waals surface area contributed by atoms with Crippen LogP contribution in [0.1, 0.15) is 5.69 Å². The highest BCUT2D eigenvalue weighted by molar-refractivity contribution is 9.10. The molecule has 0 bridgehead atoms. The second kappa shape index (κ2) is 5.13. The number of benzene rings is 1. The Hall–Kier alpha value is -0.640. The van der Waals surface area contributed by atoms with Crippen molar-refractivity contribution in [2.24, 2.45) is 0 Å². The zero-order chi connectivity index (χ0) is 11.5. The standard InChI is InChI=1S/C11H7BrCl2N2/c12-9-5-7(1-2-10(9)14)11-15-4-3-8(6-13)16-11/h1-5H,6H2. The Morgan fingerprint density at radius 1 is 1.25 bits per heavy atom. The summed E-state index contributed by atoms with van der Waals surface area (Å²) >= 11 is 15.0. The van der Waals surface area contributed by atoms with Crippen LogP contribution >= 0.6 is 39.1 Å². The van der Waals surface area contributed by atoms with Crippen molar-refractivity contribution >= 4 is 39.1 Å². The first-order valence-electron chi connectivity index (χ1n) is 4.54. The lowest BCUT2D eigenvalue weighted by Gasteiger charge is -2.03. The average Bonchev–Trinajstić information content (AvgIpc) is 2.33. The molecule has 2 rings (SSSR count). The van der Waals surface area contributed by atoms with E-state index in [9.17, 15) is 0 Å². The maximum absolute atomic E-state index is 5.92. The molecule has 0 saturated heterocycles. The molecule has 1 heterocycles. The van der Waals surface area contributed by atoms with Crippen LogP contribution in [0.4, 0.5) is 0 Å². The van der Waals surface area contributed by atoms with E-state index in [1.54, 1.807) is 18.3 Å². The quantitative estimate of drug-likeness (QED) is 0.772. The van der Waals surface area contributed by atoms with E-state index >= 15 is 0 Å². The van der Waals surface area contributed by atoms with Gasteiger partial charge in [0.2, 0.25) is 0 Å². The predicted molar refractivity (Wildman–Crippen MR) is 69.7 cm³/mol. The molecule has 0 amide bonds. The van der Waals surface area contributed by atoms with Crippen molar-refractivity contribution < 1.29 is 0 Å². The smallest absolute Gasteiger partial charge is 0.159 e. The fourth-order valence-electron chi connectivity index (χ4n) is 1.24. The summed E-state index contributed by atoms with van der Waals surface area (Å²) < 4.78 is 0.826. The Morgan fingerprint density at radius 2 is 2.06 bits per heavy atom.